The van der Waals surface area contributed by atoms with Gasteiger partial charge in [0.25, 0.3) is 5.91 Å². The number of amides is 3. The lowest BCUT2D eigenvalue weighted by atomic mass is 10.0. The maximum Gasteiger partial charge on any atom is 0.324 e. The van der Waals surface area contributed by atoms with E-state index in [9.17, 15) is 9.59 Å². The number of imide groups is 1. The largest absolute Gasteiger partial charge is 0.497 e. The Morgan fingerprint density at radius 3 is 2.77 bits per heavy atom. The smallest absolute Gasteiger partial charge is 0.324 e. The van der Waals surface area contributed by atoms with E-state index in [0.29, 0.717) is 18.9 Å². The van der Waals surface area contributed by atoms with Crippen LogP contribution in [0.1, 0.15) is 32.3 Å². The Kier molecular flexibility index (Phi) is 5.41. The van der Waals surface area contributed by atoms with E-state index >= 15 is 0 Å². The van der Waals surface area contributed by atoms with Gasteiger partial charge in [-0.15, -0.1) is 0 Å². The Balaban J connectivity index is 1.86. The molecule has 1 aliphatic rings. The van der Waals surface area contributed by atoms with Gasteiger partial charge in [-0.25, -0.2) is 4.79 Å². The second-order valence-electron chi connectivity index (χ2n) is 6.08. The van der Waals surface area contributed by atoms with Gasteiger partial charge in [0.2, 0.25) is 0 Å². The van der Waals surface area contributed by atoms with Gasteiger partial charge in [-0.1, -0.05) is 26.0 Å². The summed E-state index contributed by atoms with van der Waals surface area (Å²) in [7, 11) is 1.64. The normalized spacial score (nSPS) is 18.0. The van der Waals surface area contributed by atoms with E-state index in [1.807, 2.05) is 38.1 Å². The lowest BCUT2D eigenvalue weighted by molar-refractivity contribution is -0.127. The molecule has 0 bridgehead atoms. The molecule has 3 amide bonds. The van der Waals surface area contributed by atoms with Crippen molar-refractivity contribution in [3.63, 3.8) is 0 Å². The van der Waals surface area contributed by atoms with Gasteiger partial charge in [-0.3, -0.25) is 9.69 Å². The van der Waals surface area contributed by atoms with Gasteiger partial charge in [0.1, 0.15) is 11.8 Å². The van der Waals surface area contributed by atoms with Gasteiger partial charge in [0, 0.05) is 6.54 Å². The van der Waals surface area contributed by atoms with Crippen LogP contribution in [0.4, 0.5) is 4.79 Å². The summed E-state index contributed by atoms with van der Waals surface area (Å²) in [6, 6.07) is 7.23. The molecule has 0 aromatic heterocycles. The van der Waals surface area contributed by atoms with E-state index in [2.05, 4.69) is 5.32 Å². The highest BCUT2D eigenvalue weighted by Crippen LogP contribution is 2.17. The van der Waals surface area contributed by atoms with Crippen LogP contribution in [0.2, 0.25) is 0 Å². The minimum absolute atomic E-state index is 0.0932. The molecule has 1 saturated heterocycles. The Hall–Kier alpha value is -2.04. The number of hydrogen-bond acceptors (Lipinski definition) is 3. The zero-order chi connectivity index (χ0) is 16.1. The monoisotopic (exact) mass is 304 g/mol. The van der Waals surface area contributed by atoms with Crippen LogP contribution in [-0.2, 0) is 11.2 Å². The molecule has 120 valence electrons. The SMILES string of the molecule is COc1cccc(CCCN2C(=O)NC(CC(C)C)C2=O)c1. The minimum Gasteiger partial charge on any atom is -0.497 e. The lowest BCUT2D eigenvalue weighted by Gasteiger charge is -2.14. The third kappa shape index (κ3) is 4.00. The first kappa shape index (κ1) is 16.3. The number of carbonyl (C=O) groups excluding carboxylic acids is 2. The van der Waals surface area contributed by atoms with Crippen molar-refractivity contribution < 1.29 is 14.3 Å². The summed E-state index contributed by atoms with van der Waals surface area (Å²) in [6.45, 7) is 4.55. The molecule has 1 heterocycles. The van der Waals surface area contributed by atoms with Gasteiger partial charge < -0.3 is 10.1 Å². The van der Waals surface area contributed by atoms with Gasteiger partial charge in [0.15, 0.2) is 0 Å². The van der Waals surface area contributed by atoms with Crippen LogP contribution >= 0.6 is 0 Å². The minimum atomic E-state index is -0.357. The quantitative estimate of drug-likeness (QED) is 0.788. The molecule has 5 heteroatoms. The van der Waals surface area contributed by atoms with Crippen LogP contribution in [0, 0.1) is 5.92 Å². The van der Waals surface area contributed by atoms with Crippen LogP contribution in [0.25, 0.3) is 0 Å². The number of nitrogens with one attached hydrogen (secondary N) is 1. The molecule has 0 radical (unpaired) electrons. The zero-order valence-corrected chi connectivity index (χ0v) is 13.5. The Morgan fingerprint density at radius 1 is 1.32 bits per heavy atom. The zero-order valence-electron chi connectivity index (χ0n) is 13.5. The number of aryl methyl sites for hydroxylation is 1. The summed E-state index contributed by atoms with van der Waals surface area (Å²) >= 11 is 0. The Labute approximate surface area is 131 Å². The van der Waals surface area contributed by atoms with Gasteiger partial charge in [0.05, 0.1) is 7.11 Å². The summed E-state index contributed by atoms with van der Waals surface area (Å²) in [5.74, 6) is 1.11. The number of ether oxygens (including phenoxy) is 1. The first-order valence-corrected chi connectivity index (χ1v) is 7.76. The summed E-state index contributed by atoms with van der Waals surface area (Å²) in [5, 5.41) is 2.77. The topological polar surface area (TPSA) is 58.6 Å². The maximum atomic E-state index is 12.2. The lowest BCUT2D eigenvalue weighted by Crippen LogP contribution is -2.33. The number of methoxy groups -OCH3 is 1. The fraction of sp³-hybridized carbons (Fsp3) is 0.529. The summed E-state index contributed by atoms with van der Waals surface area (Å²) in [6.07, 6.45) is 2.25. The van der Waals surface area contributed by atoms with E-state index in [0.717, 1.165) is 24.2 Å². The number of benzene rings is 1. The molecule has 0 spiro atoms. The maximum absolute atomic E-state index is 12.2. The van der Waals surface area contributed by atoms with E-state index in [4.69, 9.17) is 4.74 Å². The fourth-order valence-corrected chi connectivity index (χ4v) is 2.69. The van der Waals surface area contributed by atoms with E-state index in [-0.39, 0.29) is 18.0 Å². The molecule has 1 atom stereocenters. The van der Waals surface area contributed by atoms with Crippen molar-refractivity contribution >= 4 is 11.9 Å². The number of urea groups is 1. The first-order valence-electron chi connectivity index (χ1n) is 7.76. The van der Waals surface area contributed by atoms with Crippen molar-refractivity contribution in [2.75, 3.05) is 13.7 Å². The van der Waals surface area contributed by atoms with Gasteiger partial charge >= 0.3 is 6.03 Å². The van der Waals surface area contributed by atoms with Crippen molar-refractivity contribution in [3.05, 3.63) is 29.8 Å². The molecule has 5 nitrogen and oxygen atoms in total. The Bertz CT molecular complexity index is 542. The summed E-state index contributed by atoms with van der Waals surface area (Å²) in [5.41, 5.74) is 1.14. The van der Waals surface area contributed by atoms with Gasteiger partial charge in [-0.05, 0) is 42.9 Å². The van der Waals surface area contributed by atoms with Crippen LogP contribution in [0.15, 0.2) is 24.3 Å². The van der Waals surface area contributed by atoms with Crippen LogP contribution in [0.3, 0.4) is 0 Å². The summed E-state index contributed by atoms with van der Waals surface area (Å²) < 4.78 is 5.19. The van der Waals surface area contributed by atoms with Crippen molar-refractivity contribution in [1.82, 2.24) is 10.2 Å². The van der Waals surface area contributed by atoms with Gasteiger partial charge in [-0.2, -0.15) is 0 Å². The molecular formula is C17H24N2O3. The molecule has 1 aromatic rings. The average molecular weight is 304 g/mol. The highest BCUT2D eigenvalue weighted by atomic mass is 16.5. The molecule has 0 saturated carbocycles. The molecule has 22 heavy (non-hydrogen) atoms. The predicted octanol–water partition coefficient (Wildman–Crippen LogP) is 2.59. The second kappa shape index (κ2) is 7.29. The number of carbonyl (C=O) groups is 2. The number of nitrogens with zero attached hydrogens (tertiary/aromatic N) is 1. The third-order valence-corrected chi connectivity index (χ3v) is 3.80. The molecule has 1 aromatic carbocycles. The van der Waals surface area contributed by atoms with Crippen LogP contribution in [0.5, 0.6) is 5.75 Å². The first-order chi connectivity index (χ1) is 10.5. The molecule has 1 N–H and O–H groups in total. The van der Waals surface area contributed by atoms with Crippen molar-refractivity contribution in [2.45, 2.75) is 39.2 Å². The summed E-state index contributed by atoms with van der Waals surface area (Å²) in [4.78, 5) is 25.5. The Morgan fingerprint density at radius 2 is 2.09 bits per heavy atom. The molecule has 1 fully saturated rings. The van der Waals surface area contributed by atoms with E-state index in [1.165, 1.54) is 4.90 Å². The van der Waals surface area contributed by atoms with E-state index in [1.54, 1.807) is 7.11 Å². The molecule has 2 rings (SSSR count). The highest BCUT2D eigenvalue weighted by Gasteiger charge is 2.37. The number of rotatable bonds is 7. The predicted molar refractivity (Wildman–Crippen MR) is 84.8 cm³/mol. The highest BCUT2D eigenvalue weighted by molar-refractivity contribution is 6.04. The van der Waals surface area contributed by atoms with Crippen LogP contribution < -0.4 is 10.1 Å². The molecular weight excluding hydrogens is 280 g/mol. The molecule has 1 aliphatic heterocycles. The van der Waals surface area contributed by atoms with Crippen molar-refractivity contribution in [2.24, 2.45) is 5.92 Å². The van der Waals surface area contributed by atoms with Crippen molar-refractivity contribution in [1.29, 1.82) is 0 Å². The van der Waals surface area contributed by atoms with Crippen LogP contribution in [-0.4, -0.2) is 36.5 Å². The second-order valence-corrected chi connectivity index (χ2v) is 6.08. The average Bonchev–Trinajstić information content (AvgIpc) is 2.74. The molecule has 0 aliphatic carbocycles. The fourth-order valence-electron chi connectivity index (χ4n) is 2.69. The molecule has 1 unspecified atom stereocenters. The number of hydrogen-bond donors (Lipinski definition) is 1. The third-order valence-electron chi connectivity index (χ3n) is 3.80. The van der Waals surface area contributed by atoms with Crippen molar-refractivity contribution in [3.8, 4) is 5.75 Å². The standard InChI is InChI=1S/C17H24N2O3/c1-12(2)10-15-16(20)19(17(21)18-15)9-5-7-13-6-4-8-14(11-13)22-3/h4,6,8,11-12,15H,5,7,9-10H2,1-3H3,(H,18,21). The van der Waals surface area contributed by atoms with E-state index < -0.39 is 0 Å².